The minimum absolute atomic E-state index is 0.177. The summed E-state index contributed by atoms with van der Waals surface area (Å²) in [6, 6.07) is 13.3. The van der Waals surface area contributed by atoms with Gasteiger partial charge in [-0.2, -0.15) is 0 Å². The van der Waals surface area contributed by atoms with Gasteiger partial charge < -0.3 is 0 Å². The zero-order valence-corrected chi connectivity index (χ0v) is 12.0. The fourth-order valence-electron chi connectivity index (χ4n) is 2.10. The number of carbonyl (C=O) groups is 1. The Morgan fingerprint density at radius 3 is 2.68 bits per heavy atom. The number of benzene rings is 1. The molecule has 0 amide bonds. The van der Waals surface area contributed by atoms with E-state index in [2.05, 4.69) is 15.3 Å². The Morgan fingerprint density at radius 2 is 1.95 bits per heavy atom. The fraction of sp³-hybridized carbons (Fsp3) is 0.0588. The third-order valence-corrected chi connectivity index (χ3v) is 3.24. The lowest BCUT2D eigenvalue weighted by Crippen LogP contribution is -2.01. The van der Waals surface area contributed by atoms with Crippen LogP contribution in [0.2, 0.25) is 0 Å². The Bertz CT molecular complexity index is 807. The molecule has 0 aliphatic carbocycles. The molecule has 3 rings (SSSR count). The number of allylic oxidation sites excluding steroid dienone is 1. The highest BCUT2D eigenvalue weighted by Gasteiger charge is 2.14. The van der Waals surface area contributed by atoms with Crippen molar-refractivity contribution >= 4 is 11.9 Å². The Labute approximate surface area is 127 Å². The molecule has 0 spiro atoms. The molecule has 0 aliphatic heterocycles. The molecule has 0 atom stereocenters. The summed E-state index contributed by atoms with van der Waals surface area (Å²) in [5, 5.41) is 8.06. The van der Waals surface area contributed by atoms with Crippen molar-refractivity contribution in [3.63, 3.8) is 0 Å². The highest BCUT2D eigenvalue weighted by Crippen LogP contribution is 2.13. The lowest BCUT2D eigenvalue weighted by Gasteiger charge is -2.01. The van der Waals surface area contributed by atoms with E-state index in [0.29, 0.717) is 11.4 Å². The third kappa shape index (κ3) is 2.83. The van der Waals surface area contributed by atoms with Gasteiger partial charge in [0.2, 0.25) is 5.78 Å². The first-order valence-electron chi connectivity index (χ1n) is 6.86. The second-order valence-corrected chi connectivity index (χ2v) is 4.75. The first-order valence-corrected chi connectivity index (χ1v) is 6.86. The van der Waals surface area contributed by atoms with E-state index in [1.807, 2.05) is 49.4 Å². The van der Waals surface area contributed by atoms with E-state index in [4.69, 9.17) is 0 Å². The molecule has 1 aromatic carbocycles. The first-order chi connectivity index (χ1) is 10.8. The molecule has 108 valence electrons. The summed E-state index contributed by atoms with van der Waals surface area (Å²) in [6.45, 7) is 1.83. The Morgan fingerprint density at radius 1 is 1.14 bits per heavy atom. The Balaban J connectivity index is 1.85. The van der Waals surface area contributed by atoms with Crippen LogP contribution in [0.4, 0.5) is 0 Å². The van der Waals surface area contributed by atoms with Crippen LogP contribution >= 0.6 is 0 Å². The number of para-hydroxylation sites is 1. The van der Waals surface area contributed by atoms with Crippen LogP contribution in [0.1, 0.15) is 21.7 Å². The van der Waals surface area contributed by atoms with Crippen LogP contribution in [0.5, 0.6) is 0 Å². The number of rotatable bonds is 4. The maximum atomic E-state index is 12.3. The summed E-state index contributed by atoms with van der Waals surface area (Å²) < 4.78 is 1.66. The third-order valence-electron chi connectivity index (χ3n) is 3.24. The van der Waals surface area contributed by atoms with Gasteiger partial charge in [-0.3, -0.25) is 9.78 Å². The topological polar surface area (TPSA) is 60.7 Å². The molecule has 3 aromatic rings. The minimum atomic E-state index is -0.177. The Kier molecular flexibility index (Phi) is 3.87. The maximum absolute atomic E-state index is 12.3. The van der Waals surface area contributed by atoms with Crippen molar-refractivity contribution in [2.45, 2.75) is 6.92 Å². The second-order valence-electron chi connectivity index (χ2n) is 4.75. The molecule has 0 saturated heterocycles. The van der Waals surface area contributed by atoms with Gasteiger partial charge in [0.25, 0.3) is 0 Å². The number of aromatic nitrogens is 4. The summed E-state index contributed by atoms with van der Waals surface area (Å²) in [5.74, 6) is -0.177. The molecule has 0 fully saturated rings. The summed E-state index contributed by atoms with van der Waals surface area (Å²) in [7, 11) is 0. The zero-order chi connectivity index (χ0) is 15.4. The number of hydrogen-bond acceptors (Lipinski definition) is 4. The van der Waals surface area contributed by atoms with E-state index in [9.17, 15) is 4.79 Å². The Hall–Kier alpha value is -3.08. The fourth-order valence-corrected chi connectivity index (χ4v) is 2.10. The molecule has 2 heterocycles. The van der Waals surface area contributed by atoms with Crippen molar-refractivity contribution in [2.24, 2.45) is 0 Å². The van der Waals surface area contributed by atoms with Crippen molar-refractivity contribution in [2.75, 3.05) is 0 Å². The van der Waals surface area contributed by atoms with Crippen LogP contribution in [0, 0.1) is 6.92 Å². The molecule has 0 bridgehead atoms. The van der Waals surface area contributed by atoms with Crippen molar-refractivity contribution in [1.82, 2.24) is 20.0 Å². The number of ketones is 1. The van der Waals surface area contributed by atoms with E-state index in [1.54, 1.807) is 23.2 Å². The average molecular weight is 290 g/mol. The van der Waals surface area contributed by atoms with E-state index in [0.717, 1.165) is 11.3 Å². The first kappa shape index (κ1) is 13.9. The van der Waals surface area contributed by atoms with Crippen molar-refractivity contribution in [1.29, 1.82) is 0 Å². The summed E-state index contributed by atoms with van der Waals surface area (Å²) >= 11 is 0. The number of nitrogens with zero attached hydrogens (tertiary/aromatic N) is 4. The summed E-state index contributed by atoms with van der Waals surface area (Å²) in [4.78, 5) is 16.3. The van der Waals surface area contributed by atoms with Crippen LogP contribution in [0.25, 0.3) is 11.8 Å². The standard InChI is InChI=1S/C17H14N4O/c1-13-17(16(22)10-9-14-6-5-11-18-12-14)19-20-21(13)15-7-3-2-4-8-15/h2-12H,1H3/b10-9-. The van der Waals surface area contributed by atoms with Crippen LogP contribution in [-0.2, 0) is 0 Å². The summed E-state index contributed by atoms with van der Waals surface area (Å²) in [5.41, 5.74) is 2.81. The number of hydrogen-bond donors (Lipinski definition) is 0. The van der Waals surface area contributed by atoms with Crippen LogP contribution in [0.3, 0.4) is 0 Å². The second kappa shape index (κ2) is 6.13. The van der Waals surface area contributed by atoms with Gasteiger partial charge in [-0.25, -0.2) is 4.68 Å². The van der Waals surface area contributed by atoms with Gasteiger partial charge >= 0.3 is 0 Å². The number of carbonyl (C=O) groups excluding carboxylic acids is 1. The van der Waals surface area contributed by atoms with E-state index in [-0.39, 0.29) is 5.78 Å². The van der Waals surface area contributed by atoms with Gasteiger partial charge in [-0.1, -0.05) is 29.5 Å². The predicted octanol–water partition coefficient (Wildman–Crippen LogP) is 2.87. The van der Waals surface area contributed by atoms with Gasteiger partial charge in [0.1, 0.15) is 0 Å². The molecular formula is C17H14N4O. The van der Waals surface area contributed by atoms with Gasteiger partial charge in [0.15, 0.2) is 5.69 Å². The monoisotopic (exact) mass is 290 g/mol. The SMILES string of the molecule is Cc1c(C(=O)/C=C\c2cccnc2)nnn1-c1ccccc1. The molecule has 22 heavy (non-hydrogen) atoms. The van der Waals surface area contributed by atoms with E-state index in [1.165, 1.54) is 6.08 Å². The molecule has 0 N–H and O–H groups in total. The number of pyridine rings is 1. The highest BCUT2D eigenvalue weighted by atomic mass is 16.1. The maximum Gasteiger partial charge on any atom is 0.208 e. The van der Waals surface area contributed by atoms with E-state index < -0.39 is 0 Å². The highest BCUT2D eigenvalue weighted by molar-refractivity contribution is 6.06. The normalized spacial score (nSPS) is 11.0. The van der Waals surface area contributed by atoms with E-state index >= 15 is 0 Å². The van der Waals surface area contributed by atoms with Gasteiger partial charge in [-0.05, 0) is 42.8 Å². The van der Waals surface area contributed by atoms with Crippen LogP contribution < -0.4 is 0 Å². The molecule has 0 aliphatic rings. The summed E-state index contributed by atoms with van der Waals surface area (Å²) in [6.07, 6.45) is 6.59. The molecule has 0 radical (unpaired) electrons. The minimum Gasteiger partial charge on any atom is -0.287 e. The smallest absolute Gasteiger partial charge is 0.208 e. The molecule has 2 aromatic heterocycles. The lowest BCUT2D eigenvalue weighted by molar-refractivity contribution is 0.104. The average Bonchev–Trinajstić information content (AvgIpc) is 2.96. The van der Waals surface area contributed by atoms with Crippen LogP contribution in [0.15, 0.2) is 60.9 Å². The van der Waals surface area contributed by atoms with Crippen molar-refractivity contribution in [3.8, 4) is 5.69 Å². The van der Waals surface area contributed by atoms with Gasteiger partial charge in [0, 0.05) is 12.4 Å². The van der Waals surface area contributed by atoms with Crippen molar-refractivity contribution < 1.29 is 4.79 Å². The molecule has 0 unspecified atom stereocenters. The predicted molar refractivity (Wildman–Crippen MR) is 83.7 cm³/mol. The van der Waals surface area contributed by atoms with Crippen molar-refractivity contribution in [3.05, 3.63) is 77.9 Å². The molecule has 0 saturated carbocycles. The lowest BCUT2D eigenvalue weighted by atomic mass is 10.2. The largest absolute Gasteiger partial charge is 0.287 e. The van der Waals surface area contributed by atoms with Crippen LogP contribution in [-0.4, -0.2) is 25.8 Å². The van der Waals surface area contributed by atoms with Gasteiger partial charge in [0.05, 0.1) is 11.4 Å². The quantitative estimate of drug-likeness (QED) is 0.547. The molecule has 5 nitrogen and oxygen atoms in total. The van der Waals surface area contributed by atoms with Gasteiger partial charge in [-0.15, -0.1) is 5.10 Å². The zero-order valence-electron chi connectivity index (χ0n) is 12.0. The molecular weight excluding hydrogens is 276 g/mol. The molecule has 5 heteroatoms.